The molecular formula is C106H102N20O5. The number of hydrogen-bond donors (Lipinski definition) is 0. The maximum absolute atomic E-state index is 8.77. The van der Waals surface area contributed by atoms with E-state index in [0.717, 1.165) is 150 Å². The van der Waals surface area contributed by atoms with Gasteiger partial charge in [0.05, 0.1) is 61.0 Å². The van der Waals surface area contributed by atoms with Gasteiger partial charge in [-0.05, 0) is 260 Å². The van der Waals surface area contributed by atoms with E-state index in [4.69, 9.17) is 38.5 Å². The Labute approximate surface area is 775 Å². The summed E-state index contributed by atoms with van der Waals surface area (Å²) < 4.78 is 129. The van der Waals surface area contributed by atoms with Gasteiger partial charge >= 0.3 is 0 Å². The summed E-state index contributed by atoms with van der Waals surface area (Å²) in [7, 11) is 0. The Balaban J connectivity index is 0.000000106. The molecule has 20 aromatic rings. The summed E-state index contributed by atoms with van der Waals surface area (Å²) >= 11 is 0. The number of aromatic nitrogens is 10. The summed E-state index contributed by atoms with van der Waals surface area (Å²) in [6, 6.07) is 55.3. The third kappa shape index (κ3) is 13.2. The second kappa shape index (κ2) is 32.4. The number of benzene rings is 5. The maximum atomic E-state index is 8.77. The molecule has 131 heavy (non-hydrogen) atoms. The molecule has 15 aromatic heterocycles. The molecular weight excluding hydrogens is 1630 g/mol. The zero-order chi connectivity index (χ0) is 101. The summed E-state index contributed by atoms with van der Waals surface area (Å²) in [6.45, 7) is 21.9. The third-order valence-electron chi connectivity index (χ3n) is 25.5. The van der Waals surface area contributed by atoms with Crippen LogP contribution in [0.5, 0.6) is 0 Å². The standard InChI is InChI=1S/3C22H22N4O.2C20H18N4O/c1-13(2)25-15(4)26(18-8-6-11-23-21(18)25)19-14(3)9-10-16-17-7-5-12-24-22(17)27-20(16)19;2*1-13(2)25-15(4)26(21-18(25)8-6-11-23-21)19-14(3)9-10-16-17-7-5-12-24-22(17)27-20(16)19;1-12-8-9-14-15-6-4-11-22-20(15)25-18(14)17(12)24-13(2)23(3)19-16(24)7-5-10-21-19;1-12-8-9-14-15-6-4-11-22-20(15)25-18(14)17(12)24-13(2)23(3)16-7-5-10-21-19(16)24/h3*5-13,15H,1-4H3;2*4-11,13H,1-3H3/t3*15-;2*13-/m00000/s1/i13D;1D3,13D;13D;2*3D3/tm;13?,15-;3m. The van der Waals surface area contributed by atoms with Gasteiger partial charge in [0.25, 0.3) is 0 Å². The number of anilines is 15. The Bertz CT molecular complexity index is 7650. The molecule has 0 spiro atoms. The number of furan rings is 5. The maximum Gasteiger partial charge on any atom is 0.227 e. The Morgan fingerprint density at radius 1 is 0.252 bits per heavy atom. The summed E-state index contributed by atoms with van der Waals surface area (Å²) in [5, 5.41) is 9.70. The van der Waals surface area contributed by atoms with E-state index >= 15 is 0 Å². The Morgan fingerprint density at radius 2 is 0.504 bits per heavy atom. The molecule has 25 nitrogen and oxygen atoms in total. The average molecular weight is 1750 g/mol. The van der Waals surface area contributed by atoms with Gasteiger partial charge in [0.1, 0.15) is 30.8 Å². The smallest absolute Gasteiger partial charge is 0.227 e. The van der Waals surface area contributed by atoms with Gasteiger partial charge < -0.3 is 71.1 Å². The van der Waals surface area contributed by atoms with Crippen LogP contribution in [0, 0.1) is 34.6 Å². The lowest BCUT2D eigenvalue weighted by atomic mass is 10.1. The molecule has 0 amide bonds. The van der Waals surface area contributed by atoms with Gasteiger partial charge in [0.15, 0.2) is 57.0 Å². The highest BCUT2D eigenvalue weighted by Crippen LogP contribution is 2.55. The number of nitrogens with zero attached hydrogens (tertiary/aromatic N) is 20. The molecule has 0 radical (unpaired) electrons. The predicted octanol–water partition coefficient (Wildman–Crippen LogP) is 25.4. The largest absolute Gasteiger partial charge is 0.435 e. The van der Waals surface area contributed by atoms with Crippen LogP contribution in [0.15, 0.2) is 266 Å². The van der Waals surface area contributed by atoms with Gasteiger partial charge in [-0.3, -0.25) is 0 Å². The van der Waals surface area contributed by atoms with E-state index in [1.54, 1.807) is 85.1 Å². The average Bonchev–Trinajstić information content (AvgIpc) is 1.57. The fourth-order valence-electron chi connectivity index (χ4n) is 19.7. The van der Waals surface area contributed by atoms with Crippen LogP contribution in [0.3, 0.4) is 0 Å². The van der Waals surface area contributed by atoms with Crippen molar-refractivity contribution in [3.8, 4) is 0 Å². The van der Waals surface area contributed by atoms with Crippen molar-refractivity contribution in [2.24, 2.45) is 0 Å². The fourth-order valence-corrected chi connectivity index (χ4v) is 19.7. The SMILES string of the molecule is [2H]C(C)(C)N1c2cccnc2N(c2c(C)ccc3c2oc2ncccc23)[C@H]1C.[2H]C(C)(C)N1c2ncccc2N(c2c(C)ccc3c2oc2ncccc23)[C@H]1C.[2H]C([2H])([2H])C([2H])(C)N1c2cccnc2N(c2c(C)ccc3c2oc2ncccc23)[C@H]1C.[2H]C([2H])([2H])N1c2cccnc2N(c2c(C)ccc3c2oc2ncccc23)[C@H]1C.[2H]C([2H])([2H])N1c2ncccc2N(c2c(C)ccc3c2oc2ncccc23)[C@H]1C. The lowest BCUT2D eigenvalue weighted by molar-refractivity contribution is 0.597. The molecule has 5 aliphatic rings. The van der Waals surface area contributed by atoms with E-state index in [2.05, 4.69) is 123 Å². The molecule has 656 valence electrons. The first-order chi connectivity index (χ1) is 68.1. The number of hydrogen-bond acceptors (Lipinski definition) is 25. The highest BCUT2D eigenvalue weighted by Gasteiger charge is 2.44. The number of aryl methyl sites for hydroxylation is 5. The van der Waals surface area contributed by atoms with Gasteiger partial charge in [0, 0.05) is 160 Å². The van der Waals surface area contributed by atoms with Crippen LogP contribution in [0.4, 0.5) is 86.0 Å². The summed E-state index contributed by atoms with van der Waals surface area (Å²) in [5.41, 5.74) is 20.1. The van der Waals surface area contributed by atoms with E-state index in [-0.39, 0.29) is 12.3 Å². The van der Waals surface area contributed by atoms with E-state index in [9.17, 15) is 0 Å². The van der Waals surface area contributed by atoms with Crippen LogP contribution in [0.25, 0.3) is 110 Å². The van der Waals surface area contributed by atoms with Gasteiger partial charge in [-0.2, -0.15) is 0 Å². The second-order valence-corrected chi connectivity index (χ2v) is 33.9. The van der Waals surface area contributed by atoms with Crippen molar-refractivity contribution in [1.29, 1.82) is 0 Å². The van der Waals surface area contributed by atoms with Crippen molar-refractivity contribution in [3.63, 3.8) is 0 Å². The Hall–Kier alpha value is -15.4. The molecule has 5 aromatic carbocycles. The Morgan fingerprint density at radius 3 is 0.840 bits per heavy atom. The topological polar surface area (TPSA) is 227 Å². The Kier molecular flexibility index (Phi) is 17.2. The van der Waals surface area contributed by atoms with Crippen molar-refractivity contribution in [3.05, 3.63) is 272 Å². The lowest BCUT2D eigenvalue weighted by Crippen LogP contribution is -2.42. The van der Waals surface area contributed by atoms with Gasteiger partial charge in [-0.15, -0.1) is 0 Å². The van der Waals surface area contributed by atoms with Crippen LogP contribution < -0.4 is 49.0 Å². The van der Waals surface area contributed by atoms with Crippen molar-refractivity contribution >= 4 is 196 Å². The first-order valence-corrected chi connectivity index (χ1v) is 43.7. The van der Waals surface area contributed by atoms with Crippen LogP contribution in [-0.4, -0.2) is 113 Å². The van der Waals surface area contributed by atoms with Crippen LogP contribution in [-0.2, 0) is 0 Å². The molecule has 0 fully saturated rings. The van der Waals surface area contributed by atoms with Gasteiger partial charge in [-0.25, -0.2) is 49.8 Å². The minimum atomic E-state index is -2.52. The van der Waals surface area contributed by atoms with E-state index in [1.165, 1.54) is 16.7 Å². The van der Waals surface area contributed by atoms with Gasteiger partial charge in [0.2, 0.25) is 28.6 Å². The summed E-state index contributed by atoms with van der Waals surface area (Å²) in [5.74, 6) is 3.32. The summed E-state index contributed by atoms with van der Waals surface area (Å²) in [4.78, 5) is 63.4. The van der Waals surface area contributed by atoms with Crippen LogP contribution in [0.1, 0.15) is 120 Å². The molecule has 0 saturated carbocycles. The van der Waals surface area contributed by atoms with Gasteiger partial charge in [-0.1, -0.05) is 60.7 Å². The number of rotatable bonds is 8. The summed E-state index contributed by atoms with van der Waals surface area (Å²) in [6.07, 6.45) is 15.6. The van der Waals surface area contributed by atoms with Crippen molar-refractivity contribution in [2.45, 2.75) is 160 Å². The zero-order valence-corrected chi connectivity index (χ0v) is 75.0. The molecule has 0 saturated heterocycles. The van der Waals surface area contributed by atoms with Crippen LogP contribution in [0.2, 0.25) is 0 Å². The number of pyridine rings is 10. The molecule has 20 heterocycles. The first kappa shape index (κ1) is 69.7. The van der Waals surface area contributed by atoms with Crippen molar-refractivity contribution < 1.29 is 38.5 Å². The minimum absolute atomic E-state index is 0.0807. The molecule has 1 unspecified atom stereocenters. The lowest BCUT2D eigenvalue weighted by Gasteiger charge is -2.33. The predicted molar refractivity (Wildman–Crippen MR) is 530 cm³/mol. The molecule has 25 rings (SSSR count). The van der Waals surface area contributed by atoms with Crippen LogP contribution >= 0.6 is 0 Å². The quantitative estimate of drug-likeness (QED) is 0.138. The zero-order valence-electron chi connectivity index (χ0n) is 87.0. The fraction of sp³-hybridized carbons (Fsp3) is 0.245. The minimum Gasteiger partial charge on any atom is -0.435 e. The molecule has 0 aliphatic carbocycles. The molecule has 0 bridgehead atoms. The third-order valence-corrected chi connectivity index (χ3v) is 25.5. The second-order valence-electron chi connectivity index (χ2n) is 33.9. The highest BCUT2D eigenvalue weighted by molar-refractivity contribution is 6.15. The molecule has 25 heteroatoms. The monoisotopic (exact) mass is 1750 g/mol. The highest BCUT2D eigenvalue weighted by atomic mass is 16.4. The van der Waals surface area contributed by atoms with Crippen molar-refractivity contribution in [2.75, 3.05) is 63.0 Å². The first-order valence-electron chi connectivity index (χ1n) is 49.7. The molecule has 0 N–H and O–H groups in total. The molecule has 5 aliphatic heterocycles. The normalized spacial score (nSPS) is 19.0. The number of fused-ring (bicyclic) bond motifs is 20. The van der Waals surface area contributed by atoms with E-state index < -0.39 is 57.4 Å². The molecule has 6 atom stereocenters. The van der Waals surface area contributed by atoms with Crippen molar-refractivity contribution in [1.82, 2.24) is 49.8 Å². The van der Waals surface area contributed by atoms with E-state index in [0.29, 0.717) is 74.1 Å². The van der Waals surface area contributed by atoms with E-state index in [1.807, 2.05) is 222 Å².